The third-order valence-electron chi connectivity index (χ3n) is 2.77. The van der Waals surface area contributed by atoms with E-state index >= 15 is 0 Å². The fourth-order valence-electron chi connectivity index (χ4n) is 1.83. The van der Waals surface area contributed by atoms with Crippen LogP contribution in [0.3, 0.4) is 0 Å². The summed E-state index contributed by atoms with van der Waals surface area (Å²) >= 11 is 0. The molecule has 0 bridgehead atoms. The van der Waals surface area contributed by atoms with Crippen molar-refractivity contribution in [1.29, 1.82) is 0 Å². The lowest BCUT2D eigenvalue weighted by Crippen LogP contribution is -2.04. The van der Waals surface area contributed by atoms with Gasteiger partial charge in [-0.1, -0.05) is 17.7 Å². The molecule has 0 heteroatoms. The van der Waals surface area contributed by atoms with Gasteiger partial charge in [0.05, 0.1) is 0 Å². The van der Waals surface area contributed by atoms with Gasteiger partial charge in [0.15, 0.2) is 0 Å². The number of hydrogen-bond donors (Lipinski definition) is 0. The van der Waals surface area contributed by atoms with Crippen molar-refractivity contribution < 1.29 is 0 Å². The Morgan fingerprint density at radius 3 is 3.08 bits per heavy atom. The Labute approximate surface area is 76.4 Å². The maximum Gasteiger partial charge on any atom is -0.0320 e. The second kappa shape index (κ2) is 5.18. The molecule has 68 valence electrons. The zero-order valence-electron chi connectivity index (χ0n) is 8.18. The summed E-state index contributed by atoms with van der Waals surface area (Å²) in [5.41, 5.74) is 1.59. The van der Waals surface area contributed by atoms with E-state index in [4.69, 9.17) is 0 Å². The molecule has 0 radical (unpaired) electrons. The molecule has 1 aliphatic rings. The highest BCUT2D eigenvalue weighted by atomic mass is 14.2. The van der Waals surface area contributed by atoms with Gasteiger partial charge in [0, 0.05) is 0 Å². The topological polar surface area (TPSA) is 0 Å². The van der Waals surface area contributed by atoms with Crippen molar-refractivity contribution in [1.82, 2.24) is 0 Å². The second-order valence-corrected chi connectivity index (χ2v) is 3.91. The highest BCUT2D eigenvalue weighted by Crippen LogP contribution is 2.26. The molecule has 1 rings (SSSR count). The molecule has 1 aliphatic carbocycles. The molecular formula is C12H20. The van der Waals surface area contributed by atoms with Crippen molar-refractivity contribution >= 4 is 0 Å². The maximum absolute atomic E-state index is 3.74. The highest BCUT2D eigenvalue weighted by molar-refractivity contribution is 5.02. The Kier molecular flexibility index (Phi) is 4.13. The van der Waals surface area contributed by atoms with Crippen LogP contribution in [0.25, 0.3) is 0 Å². The number of unbranched alkanes of at least 4 members (excludes halogenated alkanes) is 1. The van der Waals surface area contributed by atoms with Crippen LogP contribution in [0.4, 0.5) is 0 Å². The third kappa shape index (κ3) is 3.25. The predicted octanol–water partition coefficient (Wildman–Crippen LogP) is 4.09. The zero-order valence-corrected chi connectivity index (χ0v) is 8.18. The van der Waals surface area contributed by atoms with E-state index in [1.807, 2.05) is 6.08 Å². The largest absolute Gasteiger partial charge is 0.103 e. The van der Waals surface area contributed by atoms with Gasteiger partial charge in [0.1, 0.15) is 0 Å². The molecule has 0 amide bonds. The molecule has 0 saturated carbocycles. The van der Waals surface area contributed by atoms with Gasteiger partial charge < -0.3 is 0 Å². The van der Waals surface area contributed by atoms with E-state index in [2.05, 4.69) is 19.6 Å². The molecule has 0 nitrogen and oxygen atoms in total. The first-order valence-corrected chi connectivity index (χ1v) is 5.09. The van der Waals surface area contributed by atoms with E-state index in [-0.39, 0.29) is 0 Å². The summed E-state index contributed by atoms with van der Waals surface area (Å²) in [5.74, 6) is 0.966. The van der Waals surface area contributed by atoms with E-state index in [1.54, 1.807) is 5.57 Å². The van der Waals surface area contributed by atoms with E-state index in [9.17, 15) is 0 Å². The Balaban J connectivity index is 2.14. The molecule has 1 unspecified atom stereocenters. The van der Waals surface area contributed by atoms with Gasteiger partial charge in [-0.15, -0.1) is 6.58 Å². The van der Waals surface area contributed by atoms with E-state index < -0.39 is 0 Å². The normalized spacial score (nSPS) is 23.4. The monoisotopic (exact) mass is 164 g/mol. The summed E-state index contributed by atoms with van der Waals surface area (Å²) in [7, 11) is 0. The highest BCUT2D eigenvalue weighted by Gasteiger charge is 2.11. The average molecular weight is 164 g/mol. The molecule has 0 saturated heterocycles. The summed E-state index contributed by atoms with van der Waals surface area (Å²) in [6.45, 7) is 5.99. The lowest BCUT2D eigenvalue weighted by atomic mass is 9.87. The third-order valence-corrected chi connectivity index (χ3v) is 2.77. The van der Waals surface area contributed by atoms with Gasteiger partial charge in [-0.3, -0.25) is 0 Å². The van der Waals surface area contributed by atoms with Crippen LogP contribution in [0.2, 0.25) is 0 Å². The van der Waals surface area contributed by atoms with Crippen LogP contribution >= 0.6 is 0 Å². The quantitative estimate of drug-likeness (QED) is 0.433. The van der Waals surface area contributed by atoms with Crippen LogP contribution in [0.1, 0.15) is 45.4 Å². The minimum atomic E-state index is 0.966. The molecule has 0 aromatic carbocycles. The second-order valence-electron chi connectivity index (χ2n) is 3.91. The zero-order chi connectivity index (χ0) is 8.81. The molecular weight excluding hydrogens is 144 g/mol. The van der Waals surface area contributed by atoms with Gasteiger partial charge in [0.2, 0.25) is 0 Å². The maximum atomic E-state index is 3.74. The first-order valence-electron chi connectivity index (χ1n) is 5.09. The standard InChI is InChI=1S/C12H20/c1-3-4-5-6-12-9-7-11(2)8-10-12/h3,7,12H,1,4-6,8-10H2,2H3. The molecule has 0 N–H and O–H groups in total. The molecule has 12 heavy (non-hydrogen) atoms. The number of rotatable bonds is 4. The van der Waals surface area contributed by atoms with E-state index in [0.717, 1.165) is 5.92 Å². The van der Waals surface area contributed by atoms with Crippen molar-refractivity contribution in [3.63, 3.8) is 0 Å². The number of allylic oxidation sites excluding steroid dienone is 3. The summed E-state index contributed by atoms with van der Waals surface area (Å²) in [6, 6.07) is 0. The van der Waals surface area contributed by atoms with Crippen molar-refractivity contribution in [3.05, 3.63) is 24.3 Å². The Bertz CT molecular complexity index is 165. The molecule has 0 aliphatic heterocycles. The molecule has 0 aromatic rings. The Morgan fingerprint density at radius 1 is 1.67 bits per heavy atom. The summed E-state index contributed by atoms with van der Waals surface area (Å²) in [6.07, 6.45) is 12.4. The SMILES string of the molecule is C=CCCCC1CC=C(C)CC1. The van der Waals surface area contributed by atoms with Crippen molar-refractivity contribution in [3.8, 4) is 0 Å². The minimum Gasteiger partial charge on any atom is -0.103 e. The van der Waals surface area contributed by atoms with Crippen LogP contribution in [0.5, 0.6) is 0 Å². The van der Waals surface area contributed by atoms with E-state index in [0.29, 0.717) is 0 Å². The Morgan fingerprint density at radius 2 is 2.50 bits per heavy atom. The van der Waals surface area contributed by atoms with Gasteiger partial charge in [-0.05, 0) is 51.4 Å². The van der Waals surface area contributed by atoms with Crippen LogP contribution < -0.4 is 0 Å². The summed E-state index contributed by atoms with van der Waals surface area (Å²) in [5, 5.41) is 0. The molecule has 0 heterocycles. The van der Waals surface area contributed by atoms with Crippen LogP contribution in [0, 0.1) is 5.92 Å². The molecule has 0 fully saturated rings. The molecule has 0 aromatic heterocycles. The van der Waals surface area contributed by atoms with Gasteiger partial charge >= 0.3 is 0 Å². The fraction of sp³-hybridized carbons (Fsp3) is 0.667. The molecule has 0 spiro atoms. The van der Waals surface area contributed by atoms with Gasteiger partial charge in [0.25, 0.3) is 0 Å². The molecule has 1 atom stereocenters. The average Bonchev–Trinajstić information content (AvgIpc) is 2.09. The van der Waals surface area contributed by atoms with Crippen LogP contribution in [-0.2, 0) is 0 Å². The first kappa shape index (κ1) is 9.57. The van der Waals surface area contributed by atoms with Crippen molar-refractivity contribution in [2.24, 2.45) is 5.92 Å². The lowest BCUT2D eigenvalue weighted by molar-refractivity contribution is 0.426. The van der Waals surface area contributed by atoms with E-state index in [1.165, 1.54) is 38.5 Å². The summed E-state index contributed by atoms with van der Waals surface area (Å²) in [4.78, 5) is 0. The van der Waals surface area contributed by atoms with Crippen LogP contribution in [0.15, 0.2) is 24.3 Å². The minimum absolute atomic E-state index is 0.966. The van der Waals surface area contributed by atoms with Gasteiger partial charge in [-0.25, -0.2) is 0 Å². The predicted molar refractivity (Wildman–Crippen MR) is 55.1 cm³/mol. The smallest absolute Gasteiger partial charge is 0.0320 e. The number of hydrogen-bond acceptors (Lipinski definition) is 0. The lowest BCUT2D eigenvalue weighted by Gasteiger charge is -2.19. The van der Waals surface area contributed by atoms with Crippen molar-refractivity contribution in [2.45, 2.75) is 45.4 Å². The first-order chi connectivity index (χ1) is 5.83. The Hall–Kier alpha value is -0.520. The summed E-state index contributed by atoms with van der Waals surface area (Å²) < 4.78 is 0. The fourth-order valence-corrected chi connectivity index (χ4v) is 1.83. The van der Waals surface area contributed by atoms with Crippen LogP contribution in [-0.4, -0.2) is 0 Å². The van der Waals surface area contributed by atoms with Crippen molar-refractivity contribution in [2.75, 3.05) is 0 Å². The van der Waals surface area contributed by atoms with Gasteiger partial charge in [-0.2, -0.15) is 0 Å².